The molecule has 4 amide bonds. The van der Waals surface area contributed by atoms with E-state index in [0.717, 1.165) is 62.7 Å². The lowest BCUT2D eigenvalue weighted by atomic mass is 9.92. The van der Waals surface area contributed by atoms with Crippen molar-refractivity contribution in [2.45, 2.75) is 97.1 Å². The van der Waals surface area contributed by atoms with Crippen LogP contribution in [0, 0.1) is 17.8 Å². The molecule has 17 heteroatoms. The van der Waals surface area contributed by atoms with Crippen LogP contribution in [0.1, 0.15) is 89.6 Å². The Hall–Kier alpha value is -5.87. The molecule has 2 fully saturated rings. The van der Waals surface area contributed by atoms with E-state index in [9.17, 15) is 19.2 Å². The highest BCUT2D eigenvalue weighted by Crippen LogP contribution is 2.45. The van der Waals surface area contributed by atoms with Gasteiger partial charge in [-0.15, -0.1) is 0 Å². The molecule has 0 unspecified atom stereocenters. The van der Waals surface area contributed by atoms with E-state index >= 15 is 0 Å². The van der Waals surface area contributed by atoms with Crippen molar-refractivity contribution in [1.82, 2.24) is 40.4 Å². The summed E-state index contributed by atoms with van der Waals surface area (Å²) in [6, 6.07) is 12.1. The van der Waals surface area contributed by atoms with Gasteiger partial charge < -0.3 is 49.3 Å². The zero-order valence-electron chi connectivity index (χ0n) is 37.5. The quantitative estimate of drug-likeness (QED) is 0.0952. The second-order valence-electron chi connectivity index (χ2n) is 17.7. The Labute approximate surface area is 377 Å². The lowest BCUT2D eigenvalue weighted by Crippen LogP contribution is -2.52. The molecule has 0 saturated carbocycles. The standard InChI is InChI=1S/C47H57ClN8O8/c1-9-24(4)38(53-47(60)63-8)44(57)55-20-26(21-61-6)16-35(55)43-50-39(41(48)54-43)28-11-13-30-29(17-28)22-64-36-19-31-27(18-32(30)36)12-14-33-40(31)51-42(49-33)34-15-10-25(5)56(34)45(58)37(23(2)3)52-46(59)62-7/h11-14,17-19,23-26,34-35,37-38H,9-10,15-16,20-22H2,1-8H3,(H,49,51)(H,50,54)(H,52,59)(H,53,60)/t24-,25-,26-,34-,35-,37-,38-/m0/s1. The number of rotatable bonds is 12. The fourth-order valence-electron chi connectivity index (χ4n) is 9.64. The van der Waals surface area contributed by atoms with Crippen LogP contribution in [0.15, 0.2) is 42.5 Å². The van der Waals surface area contributed by atoms with E-state index in [2.05, 4.69) is 38.8 Å². The molecule has 5 heterocycles. The van der Waals surface area contributed by atoms with Crippen LogP contribution in [-0.2, 0) is 30.4 Å². The first-order valence-corrected chi connectivity index (χ1v) is 22.4. The Kier molecular flexibility index (Phi) is 12.8. The lowest BCUT2D eigenvalue weighted by molar-refractivity contribution is -0.137. The third kappa shape index (κ3) is 8.33. The van der Waals surface area contributed by atoms with E-state index in [1.165, 1.54) is 14.2 Å². The monoisotopic (exact) mass is 896 g/mol. The number of carbonyl (C=O) groups is 4. The summed E-state index contributed by atoms with van der Waals surface area (Å²) in [4.78, 5) is 73.2. The first-order valence-electron chi connectivity index (χ1n) is 22.0. The van der Waals surface area contributed by atoms with Crippen molar-refractivity contribution in [2.75, 3.05) is 34.5 Å². The summed E-state index contributed by atoms with van der Waals surface area (Å²) in [6.45, 7) is 11.0. The number of nitrogens with one attached hydrogen (secondary N) is 4. The van der Waals surface area contributed by atoms with Crippen molar-refractivity contribution in [3.05, 3.63) is 64.8 Å². The smallest absolute Gasteiger partial charge is 0.407 e. The van der Waals surface area contributed by atoms with Gasteiger partial charge >= 0.3 is 12.2 Å². The third-order valence-electron chi connectivity index (χ3n) is 13.3. The zero-order valence-corrected chi connectivity index (χ0v) is 38.3. The maximum atomic E-state index is 14.2. The topological polar surface area (TPSA) is 193 Å². The van der Waals surface area contributed by atoms with Gasteiger partial charge in [0.15, 0.2) is 0 Å². The minimum Gasteiger partial charge on any atom is -0.488 e. The van der Waals surface area contributed by atoms with E-state index in [1.54, 1.807) is 12.0 Å². The maximum absolute atomic E-state index is 14.2. The van der Waals surface area contributed by atoms with Gasteiger partial charge in [-0.2, -0.15) is 0 Å². The Balaban J connectivity index is 1.07. The van der Waals surface area contributed by atoms with Gasteiger partial charge in [0, 0.05) is 42.1 Å². The minimum absolute atomic E-state index is 0.0388. The van der Waals surface area contributed by atoms with Gasteiger partial charge in [-0.1, -0.05) is 63.9 Å². The Morgan fingerprint density at radius 2 is 1.62 bits per heavy atom. The highest BCUT2D eigenvalue weighted by Gasteiger charge is 2.43. The first-order chi connectivity index (χ1) is 30.7. The van der Waals surface area contributed by atoms with Crippen LogP contribution in [0.2, 0.25) is 5.15 Å². The normalized spacial score (nSPS) is 20.7. The molecule has 3 aromatic carbocycles. The number of fused-ring (bicyclic) bond motifs is 6. The van der Waals surface area contributed by atoms with Crippen molar-refractivity contribution < 1.29 is 38.1 Å². The largest absolute Gasteiger partial charge is 0.488 e. The van der Waals surface area contributed by atoms with Gasteiger partial charge in [-0.05, 0) is 78.8 Å². The van der Waals surface area contributed by atoms with Crippen LogP contribution in [-0.4, -0.2) is 106 Å². The number of carbonyl (C=O) groups excluding carboxylic acids is 4. The molecule has 3 aliphatic rings. The number of hydrogen-bond donors (Lipinski definition) is 4. The molecule has 8 rings (SSSR count). The van der Waals surface area contributed by atoms with Crippen molar-refractivity contribution in [1.29, 1.82) is 0 Å². The average molecular weight is 897 g/mol. The second-order valence-corrected chi connectivity index (χ2v) is 18.1. The number of alkyl carbamates (subject to hydrolysis) is 2. The zero-order chi connectivity index (χ0) is 45.6. The Bertz CT molecular complexity index is 2590. The van der Waals surface area contributed by atoms with Gasteiger partial charge in [-0.25, -0.2) is 19.6 Å². The van der Waals surface area contributed by atoms with Gasteiger partial charge in [-0.3, -0.25) is 9.59 Å². The molecule has 0 spiro atoms. The molecule has 5 aromatic rings. The molecule has 7 atom stereocenters. The van der Waals surface area contributed by atoms with Crippen molar-refractivity contribution in [3.63, 3.8) is 0 Å². The number of H-pyrrole nitrogens is 2. The van der Waals surface area contributed by atoms with Gasteiger partial charge in [0.05, 0.1) is 43.9 Å². The molecule has 0 bridgehead atoms. The van der Waals surface area contributed by atoms with Crippen molar-refractivity contribution in [3.8, 4) is 28.1 Å². The summed E-state index contributed by atoms with van der Waals surface area (Å²) in [5.74, 6) is 1.40. The minimum atomic E-state index is -0.777. The van der Waals surface area contributed by atoms with Crippen LogP contribution in [0.3, 0.4) is 0 Å². The van der Waals surface area contributed by atoms with Crippen LogP contribution in [0.4, 0.5) is 9.59 Å². The van der Waals surface area contributed by atoms with Gasteiger partial charge in [0.25, 0.3) is 0 Å². The molecule has 0 aliphatic carbocycles. The molecule has 64 heavy (non-hydrogen) atoms. The number of aromatic nitrogens is 4. The predicted octanol–water partition coefficient (Wildman–Crippen LogP) is 8.06. The van der Waals surface area contributed by atoms with E-state index < -0.39 is 30.3 Å². The lowest BCUT2D eigenvalue weighted by Gasteiger charge is -2.32. The highest BCUT2D eigenvalue weighted by atomic mass is 35.5. The first kappa shape index (κ1) is 44.7. The molecular formula is C47H57ClN8O8. The summed E-state index contributed by atoms with van der Waals surface area (Å²) < 4.78 is 21.6. The Morgan fingerprint density at radius 3 is 2.33 bits per heavy atom. The number of likely N-dealkylation sites (tertiary alicyclic amines) is 2. The Morgan fingerprint density at radius 1 is 0.891 bits per heavy atom. The maximum Gasteiger partial charge on any atom is 0.407 e. The molecule has 4 N–H and O–H groups in total. The van der Waals surface area contributed by atoms with E-state index in [1.807, 2.05) is 63.8 Å². The summed E-state index contributed by atoms with van der Waals surface area (Å²) >= 11 is 6.91. The summed E-state index contributed by atoms with van der Waals surface area (Å²) in [5.41, 5.74) is 5.95. The number of halogens is 1. The van der Waals surface area contributed by atoms with Gasteiger partial charge in [0.2, 0.25) is 11.8 Å². The SMILES string of the molecule is CC[C@H](C)[C@H](NC(=O)OC)C(=O)N1C[C@@H](COC)C[C@H]1c1nc(-c2ccc3c(c2)COc2cc4c(ccc5[nH]c([C@@H]6CC[C@H](C)N6C(=O)[C@@H](NC(=O)OC)C(C)C)nc54)cc2-3)c(Cl)[nH]1. The third-order valence-corrected chi connectivity index (χ3v) is 13.5. The molecule has 0 radical (unpaired) electrons. The molecular weight excluding hydrogens is 840 g/mol. The average Bonchev–Trinajstić information content (AvgIpc) is 4.10. The fourth-order valence-corrected chi connectivity index (χ4v) is 9.89. The van der Waals surface area contributed by atoms with Crippen LogP contribution >= 0.6 is 11.6 Å². The van der Waals surface area contributed by atoms with Crippen LogP contribution in [0.5, 0.6) is 5.75 Å². The number of methoxy groups -OCH3 is 3. The number of aromatic amines is 2. The summed E-state index contributed by atoms with van der Waals surface area (Å²) in [7, 11) is 4.22. The number of benzene rings is 3. The molecule has 2 saturated heterocycles. The number of hydrogen-bond acceptors (Lipinski definition) is 10. The second kappa shape index (κ2) is 18.3. The molecule has 340 valence electrons. The van der Waals surface area contributed by atoms with Crippen molar-refractivity contribution in [2.24, 2.45) is 17.8 Å². The van der Waals surface area contributed by atoms with E-state index in [-0.39, 0.29) is 41.7 Å². The molecule has 16 nitrogen and oxygen atoms in total. The predicted molar refractivity (Wildman–Crippen MR) is 242 cm³/mol. The van der Waals surface area contributed by atoms with E-state index in [0.29, 0.717) is 55.1 Å². The number of imidazole rings is 2. The number of amides is 4. The fraction of sp³-hybridized carbons (Fsp3) is 0.489. The molecule has 2 aromatic heterocycles. The number of nitrogens with zero attached hydrogens (tertiary/aromatic N) is 4. The summed E-state index contributed by atoms with van der Waals surface area (Å²) in [5, 5.41) is 7.76. The van der Waals surface area contributed by atoms with E-state index in [4.69, 9.17) is 40.5 Å². The summed E-state index contributed by atoms with van der Waals surface area (Å²) in [6.07, 6.45) is 1.52. The van der Waals surface area contributed by atoms with Crippen LogP contribution in [0.25, 0.3) is 44.2 Å². The van der Waals surface area contributed by atoms with Crippen LogP contribution < -0.4 is 15.4 Å². The molecule has 3 aliphatic heterocycles. The highest BCUT2D eigenvalue weighted by molar-refractivity contribution is 6.32. The van der Waals surface area contributed by atoms with Gasteiger partial charge in [0.1, 0.15) is 46.9 Å². The van der Waals surface area contributed by atoms with Crippen molar-refractivity contribution >= 4 is 57.4 Å². The number of ether oxygens (including phenoxy) is 4.